The van der Waals surface area contributed by atoms with Gasteiger partial charge in [-0.15, -0.1) is 11.8 Å². The zero-order valence-corrected chi connectivity index (χ0v) is 20.7. The number of thioether (sulfide) groups is 1. The van der Waals surface area contributed by atoms with E-state index in [1.807, 2.05) is 0 Å². The summed E-state index contributed by atoms with van der Waals surface area (Å²) in [5, 5.41) is 0.934. The molecule has 1 heterocycles. The predicted octanol–water partition coefficient (Wildman–Crippen LogP) is 8.08. The van der Waals surface area contributed by atoms with Gasteiger partial charge in [-0.25, -0.2) is 0 Å². The van der Waals surface area contributed by atoms with Crippen LogP contribution in [0.1, 0.15) is 66.5 Å². The standard InChI is InChI=1S/C27H36N2S/c1-16-12-18(3)26(19(4)13-16)28-22(7)24-10-9-11-25(30-24)23(8)29-27-20(5)14-17(2)15-21(27)6/h12-15,24-25H,9-11H2,1-8H3/b28-22+,29-23+. The van der Waals surface area contributed by atoms with Gasteiger partial charge in [0.1, 0.15) is 0 Å². The van der Waals surface area contributed by atoms with Crippen molar-refractivity contribution in [2.45, 2.75) is 85.2 Å². The number of nitrogens with zero attached hydrogens (tertiary/aromatic N) is 2. The van der Waals surface area contributed by atoms with Crippen molar-refractivity contribution in [1.82, 2.24) is 0 Å². The van der Waals surface area contributed by atoms with Crippen molar-refractivity contribution in [3.05, 3.63) is 57.6 Å². The minimum absolute atomic E-state index is 0.467. The van der Waals surface area contributed by atoms with E-state index in [0.717, 1.165) is 11.4 Å². The second-order valence-corrected chi connectivity index (χ2v) is 10.5. The molecule has 30 heavy (non-hydrogen) atoms. The van der Waals surface area contributed by atoms with Gasteiger partial charge in [0.15, 0.2) is 0 Å². The molecular formula is C27H36N2S. The van der Waals surface area contributed by atoms with Crippen LogP contribution in [0, 0.1) is 41.5 Å². The number of rotatable bonds is 4. The molecular weight excluding hydrogens is 384 g/mol. The van der Waals surface area contributed by atoms with Crippen LogP contribution in [0.3, 0.4) is 0 Å². The number of aliphatic imine (C=N–C) groups is 2. The Bertz CT molecular complexity index is 874. The number of aryl methyl sites for hydroxylation is 6. The molecule has 1 aliphatic heterocycles. The molecule has 0 aromatic heterocycles. The Hall–Kier alpha value is -1.87. The highest BCUT2D eigenvalue weighted by Crippen LogP contribution is 2.36. The maximum atomic E-state index is 5.09. The molecule has 0 spiro atoms. The Labute approximate surface area is 187 Å². The van der Waals surface area contributed by atoms with Crippen LogP contribution in [0.25, 0.3) is 0 Å². The van der Waals surface area contributed by atoms with Gasteiger partial charge in [-0.05, 0) is 90.5 Å². The highest BCUT2D eigenvalue weighted by Gasteiger charge is 2.26. The summed E-state index contributed by atoms with van der Waals surface area (Å²) >= 11 is 2.05. The molecule has 0 saturated carbocycles. The van der Waals surface area contributed by atoms with Gasteiger partial charge in [-0.2, -0.15) is 0 Å². The van der Waals surface area contributed by atoms with Crippen molar-refractivity contribution in [2.24, 2.45) is 9.98 Å². The summed E-state index contributed by atoms with van der Waals surface area (Å²) in [4.78, 5) is 10.2. The first kappa shape index (κ1) is 22.8. The minimum atomic E-state index is 0.467. The summed E-state index contributed by atoms with van der Waals surface area (Å²) in [5.74, 6) is 0. The molecule has 0 aliphatic carbocycles. The van der Waals surface area contributed by atoms with Crippen LogP contribution >= 0.6 is 11.8 Å². The van der Waals surface area contributed by atoms with Crippen LogP contribution in [-0.4, -0.2) is 21.9 Å². The second-order valence-electron chi connectivity index (χ2n) is 9.05. The van der Waals surface area contributed by atoms with Crippen LogP contribution in [0.15, 0.2) is 34.3 Å². The third-order valence-corrected chi connectivity index (χ3v) is 7.85. The van der Waals surface area contributed by atoms with Crippen molar-refractivity contribution in [3.8, 4) is 0 Å². The average molecular weight is 421 g/mol. The molecule has 0 radical (unpaired) electrons. The Morgan fingerprint density at radius 3 is 1.33 bits per heavy atom. The van der Waals surface area contributed by atoms with E-state index < -0.39 is 0 Å². The van der Waals surface area contributed by atoms with Crippen molar-refractivity contribution >= 4 is 34.6 Å². The fourth-order valence-electron chi connectivity index (χ4n) is 4.63. The molecule has 1 saturated heterocycles. The van der Waals surface area contributed by atoms with E-state index in [9.17, 15) is 0 Å². The first-order valence-corrected chi connectivity index (χ1v) is 12.0. The molecule has 2 unspecified atom stereocenters. The molecule has 2 atom stereocenters. The van der Waals surface area contributed by atoms with E-state index >= 15 is 0 Å². The Morgan fingerprint density at radius 1 is 0.667 bits per heavy atom. The molecule has 1 fully saturated rings. The van der Waals surface area contributed by atoms with E-state index in [2.05, 4.69) is 91.4 Å². The number of hydrogen-bond donors (Lipinski definition) is 0. The highest BCUT2D eigenvalue weighted by molar-refractivity contribution is 8.02. The summed E-state index contributed by atoms with van der Waals surface area (Å²) < 4.78 is 0. The lowest BCUT2D eigenvalue weighted by Gasteiger charge is -2.29. The zero-order chi connectivity index (χ0) is 22.0. The SMILES string of the molecule is C/C(=N\c1c(C)cc(C)cc1C)C1CCCC(/C(C)=N/c2c(C)cc(C)cc2C)S1. The smallest absolute Gasteiger partial charge is 0.0687 e. The largest absolute Gasteiger partial charge is 0.256 e. The van der Waals surface area contributed by atoms with E-state index in [0.29, 0.717) is 10.5 Å². The van der Waals surface area contributed by atoms with E-state index in [-0.39, 0.29) is 0 Å². The van der Waals surface area contributed by atoms with Gasteiger partial charge in [-0.3, -0.25) is 9.98 Å². The molecule has 2 aromatic carbocycles. The van der Waals surface area contributed by atoms with Gasteiger partial charge in [0.25, 0.3) is 0 Å². The van der Waals surface area contributed by atoms with E-state index in [4.69, 9.17) is 9.98 Å². The lowest BCUT2D eigenvalue weighted by atomic mass is 10.0. The van der Waals surface area contributed by atoms with Gasteiger partial charge in [0, 0.05) is 21.9 Å². The topological polar surface area (TPSA) is 24.7 Å². The number of hydrogen-bond acceptors (Lipinski definition) is 3. The Morgan fingerprint density at radius 2 is 1.00 bits per heavy atom. The van der Waals surface area contributed by atoms with Crippen LogP contribution in [0.2, 0.25) is 0 Å². The lowest BCUT2D eigenvalue weighted by molar-refractivity contribution is 0.702. The average Bonchev–Trinajstić information content (AvgIpc) is 2.67. The van der Waals surface area contributed by atoms with Crippen LogP contribution in [0.4, 0.5) is 11.4 Å². The molecule has 0 N–H and O–H groups in total. The first-order chi connectivity index (χ1) is 14.2. The maximum absolute atomic E-state index is 5.09. The molecule has 3 heteroatoms. The monoisotopic (exact) mass is 420 g/mol. The summed E-state index contributed by atoms with van der Waals surface area (Å²) in [5.41, 5.74) is 12.5. The fourth-order valence-corrected chi connectivity index (χ4v) is 6.13. The van der Waals surface area contributed by atoms with Crippen molar-refractivity contribution in [2.75, 3.05) is 0 Å². The summed E-state index contributed by atoms with van der Waals surface area (Å²) in [6.07, 6.45) is 3.65. The Kier molecular flexibility index (Phi) is 7.23. The minimum Gasteiger partial charge on any atom is -0.256 e. The second kappa shape index (κ2) is 9.51. The van der Waals surface area contributed by atoms with E-state index in [1.165, 1.54) is 64.1 Å². The maximum Gasteiger partial charge on any atom is 0.0687 e. The normalized spacial score (nSPS) is 20.5. The van der Waals surface area contributed by atoms with Gasteiger partial charge in [-0.1, -0.05) is 41.8 Å². The first-order valence-electron chi connectivity index (χ1n) is 11.1. The summed E-state index contributed by atoms with van der Waals surface area (Å²) in [6, 6.07) is 8.94. The molecule has 0 bridgehead atoms. The molecule has 160 valence electrons. The van der Waals surface area contributed by atoms with E-state index in [1.54, 1.807) is 0 Å². The molecule has 2 aromatic rings. The van der Waals surface area contributed by atoms with Gasteiger partial charge < -0.3 is 0 Å². The summed E-state index contributed by atoms with van der Waals surface area (Å²) in [6.45, 7) is 17.4. The third-order valence-electron chi connectivity index (χ3n) is 6.04. The number of benzene rings is 2. The third kappa shape index (κ3) is 5.24. The summed E-state index contributed by atoms with van der Waals surface area (Å²) in [7, 11) is 0. The van der Waals surface area contributed by atoms with Gasteiger partial charge >= 0.3 is 0 Å². The Balaban J connectivity index is 1.82. The molecule has 0 amide bonds. The van der Waals surface area contributed by atoms with Crippen LogP contribution in [0.5, 0.6) is 0 Å². The van der Waals surface area contributed by atoms with Gasteiger partial charge in [0.2, 0.25) is 0 Å². The molecule has 3 rings (SSSR count). The quantitative estimate of drug-likeness (QED) is 0.459. The molecule has 2 nitrogen and oxygen atoms in total. The van der Waals surface area contributed by atoms with Crippen LogP contribution in [-0.2, 0) is 0 Å². The van der Waals surface area contributed by atoms with Crippen molar-refractivity contribution in [3.63, 3.8) is 0 Å². The highest BCUT2D eigenvalue weighted by atomic mass is 32.2. The molecule has 1 aliphatic rings. The predicted molar refractivity (Wildman–Crippen MR) is 136 cm³/mol. The fraction of sp³-hybridized carbons (Fsp3) is 0.481. The van der Waals surface area contributed by atoms with Crippen molar-refractivity contribution < 1.29 is 0 Å². The lowest BCUT2D eigenvalue weighted by Crippen LogP contribution is -2.27. The zero-order valence-electron chi connectivity index (χ0n) is 19.9. The van der Waals surface area contributed by atoms with Gasteiger partial charge in [0.05, 0.1) is 11.4 Å². The van der Waals surface area contributed by atoms with Crippen LogP contribution < -0.4 is 0 Å². The van der Waals surface area contributed by atoms with Crippen molar-refractivity contribution in [1.29, 1.82) is 0 Å².